The minimum absolute atomic E-state index is 0.222. The first-order valence-corrected chi connectivity index (χ1v) is 3.12. The molecule has 0 aliphatic rings. The van der Waals surface area contributed by atoms with Gasteiger partial charge in [-0.1, -0.05) is 13.0 Å². The van der Waals surface area contributed by atoms with E-state index in [2.05, 4.69) is 0 Å². The van der Waals surface area contributed by atoms with Crippen LogP contribution < -0.4 is 0 Å². The molecule has 0 aromatic carbocycles. The molecule has 0 fully saturated rings. The predicted octanol–water partition coefficient (Wildman–Crippen LogP) is 1.13. The van der Waals surface area contributed by atoms with E-state index in [9.17, 15) is 9.59 Å². The van der Waals surface area contributed by atoms with Gasteiger partial charge in [-0.25, -0.2) is 4.79 Å². The molecule has 0 saturated heterocycles. The Morgan fingerprint density at radius 1 is 1.36 bits per heavy atom. The molecule has 0 heterocycles. The van der Waals surface area contributed by atoms with E-state index < -0.39 is 11.9 Å². The van der Waals surface area contributed by atoms with Crippen molar-refractivity contribution in [2.45, 2.75) is 20.3 Å². The van der Waals surface area contributed by atoms with E-state index in [1.165, 1.54) is 6.08 Å². The molecule has 0 aliphatic heterocycles. The van der Waals surface area contributed by atoms with E-state index in [0.717, 1.165) is 6.08 Å². The number of allylic oxidation sites excluding steroid dienone is 1. The average molecular weight is 160 g/mol. The maximum Gasteiger partial charge on any atom is 0.327 e. The number of hydrogen-bond acceptors (Lipinski definition) is 2. The van der Waals surface area contributed by atoms with Gasteiger partial charge in [0.1, 0.15) is 0 Å². The van der Waals surface area contributed by atoms with E-state index in [4.69, 9.17) is 10.2 Å². The second-order valence-corrected chi connectivity index (χ2v) is 1.59. The van der Waals surface area contributed by atoms with E-state index in [1.54, 1.807) is 13.8 Å². The van der Waals surface area contributed by atoms with Crippen molar-refractivity contribution in [3.05, 3.63) is 12.2 Å². The topological polar surface area (TPSA) is 74.6 Å². The van der Waals surface area contributed by atoms with Gasteiger partial charge in [-0.3, -0.25) is 4.79 Å². The Morgan fingerprint density at radius 2 is 1.73 bits per heavy atom. The highest BCUT2D eigenvalue weighted by Gasteiger charge is 1.80. The molecule has 11 heavy (non-hydrogen) atoms. The third-order valence-corrected chi connectivity index (χ3v) is 0.612. The lowest BCUT2D eigenvalue weighted by molar-refractivity contribution is -0.136. The molecule has 0 atom stereocenters. The number of carbonyl (C=O) groups is 2. The summed E-state index contributed by atoms with van der Waals surface area (Å²) in [5.41, 5.74) is 0. The van der Waals surface area contributed by atoms with Gasteiger partial charge in [0.05, 0.1) is 0 Å². The van der Waals surface area contributed by atoms with E-state index in [1.807, 2.05) is 0 Å². The molecule has 0 aromatic heterocycles. The SMILES string of the molecule is CC=CC(=O)O.CCC(=O)O. The fraction of sp³-hybridized carbons (Fsp3) is 0.429. The third kappa shape index (κ3) is 28.6. The lowest BCUT2D eigenvalue weighted by atomic mass is 10.5. The van der Waals surface area contributed by atoms with E-state index in [0.29, 0.717) is 0 Å². The molecule has 0 spiro atoms. The summed E-state index contributed by atoms with van der Waals surface area (Å²) in [5.74, 6) is -1.64. The Bertz CT molecular complexity index is 149. The van der Waals surface area contributed by atoms with Crippen LogP contribution in [0.5, 0.6) is 0 Å². The van der Waals surface area contributed by atoms with Crippen LogP contribution in [0.25, 0.3) is 0 Å². The van der Waals surface area contributed by atoms with Gasteiger partial charge in [0.25, 0.3) is 0 Å². The maximum atomic E-state index is 9.51. The Hall–Kier alpha value is -1.32. The van der Waals surface area contributed by atoms with Crippen LogP contribution in [0.2, 0.25) is 0 Å². The normalized spacial score (nSPS) is 8.55. The van der Waals surface area contributed by atoms with Crippen LogP contribution in [0.15, 0.2) is 12.2 Å². The molecule has 0 unspecified atom stereocenters. The summed E-state index contributed by atoms with van der Waals surface area (Å²) in [4.78, 5) is 18.9. The van der Waals surface area contributed by atoms with Crippen LogP contribution in [0, 0.1) is 0 Å². The van der Waals surface area contributed by atoms with Gasteiger partial charge in [0.15, 0.2) is 0 Å². The lowest BCUT2D eigenvalue weighted by Gasteiger charge is -1.71. The third-order valence-electron chi connectivity index (χ3n) is 0.612. The number of rotatable bonds is 2. The molecular weight excluding hydrogens is 148 g/mol. The second kappa shape index (κ2) is 8.68. The first-order chi connectivity index (χ1) is 5.04. The van der Waals surface area contributed by atoms with Gasteiger partial charge in [-0.15, -0.1) is 0 Å². The summed E-state index contributed by atoms with van der Waals surface area (Å²) in [6.45, 7) is 3.26. The summed E-state index contributed by atoms with van der Waals surface area (Å²) < 4.78 is 0. The molecule has 64 valence electrons. The van der Waals surface area contributed by atoms with Gasteiger partial charge < -0.3 is 10.2 Å². The summed E-state index contributed by atoms with van der Waals surface area (Å²) in [6, 6.07) is 0. The largest absolute Gasteiger partial charge is 0.481 e. The molecule has 0 bridgehead atoms. The summed E-state index contributed by atoms with van der Waals surface area (Å²) in [5, 5.41) is 15.5. The zero-order valence-corrected chi connectivity index (χ0v) is 6.57. The summed E-state index contributed by atoms with van der Waals surface area (Å²) >= 11 is 0. The number of hydrogen-bond donors (Lipinski definition) is 2. The zero-order chi connectivity index (χ0) is 9.28. The highest BCUT2D eigenvalue weighted by atomic mass is 16.4. The Balaban J connectivity index is 0. The number of carboxylic acids is 2. The number of aliphatic carboxylic acids is 2. The minimum Gasteiger partial charge on any atom is -0.481 e. The van der Waals surface area contributed by atoms with E-state index >= 15 is 0 Å². The van der Waals surface area contributed by atoms with Gasteiger partial charge in [0, 0.05) is 12.5 Å². The first-order valence-electron chi connectivity index (χ1n) is 3.12. The Kier molecular flexibility index (Phi) is 9.76. The fourth-order valence-corrected chi connectivity index (χ4v) is 0.143. The quantitative estimate of drug-likeness (QED) is 0.594. The second-order valence-electron chi connectivity index (χ2n) is 1.59. The molecule has 4 heteroatoms. The smallest absolute Gasteiger partial charge is 0.327 e. The van der Waals surface area contributed by atoms with Crippen molar-refractivity contribution in [2.24, 2.45) is 0 Å². The van der Waals surface area contributed by atoms with Crippen LogP contribution in [-0.2, 0) is 9.59 Å². The van der Waals surface area contributed by atoms with Crippen LogP contribution in [0.3, 0.4) is 0 Å². The Morgan fingerprint density at radius 3 is 1.73 bits per heavy atom. The van der Waals surface area contributed by atoms with Crippen LogP contribution in [0.1, 0.15) is 20.3 Å². The standard InChI is InChI=1S/C4H6O2.C3H6O2/c1-2-3-4(5)6;1-2-3(4)5/h2-3H,1H3,(H,5,6);2H2,1H3,(H,4,5). The van der Waals surface area contributed by atoms with Gasteiger partial charge >= 0.3 is 11.9 Å². The fourth-order valence-electron chi connectivity index (χ4n) is 0.143. The van der Waals surface area contributed by atoms with Gasteiger partial charge in [-0.2, -0.15) is 0 Å². The van der Waals surface area contributed by atoms with Crippen molar-refractivity contribution in [3.63, 3.8) is 0 Å². The van der Waals surface area contributed by atoms with E-state index in [-0.39, 0.29) is 6.42 Å². The van der Waals surface area contributed by atoms with Crippen molar-refractivity contribution in [2.75, 3.05) is 0 Å². The van der Waals surface area contributed by atoms with Crippen LogP contribution in [-0.4, -0.2) is 22.2 Å². The molecule has 0 rings (SSSR count). The lowest BCUT2D eigenvalue weighted by Crippen LogP contribution is -1.86. The van der Waals surface area contributed by atoms with Gasteiger partial charge in [-0.05, 0) is 6.92 Å². The molecule has 2 N–H and O–H groups in total. The van der Waals surface area contributed by atoms with Crippen LogP contribution in [0.4, 0.5) is 0 Å². The van der Waals surface area contributed by atoms with Crippen molar-refractivity contribution in [1.29, 1.82) is 0 Å². The molecule has 4 nitrogen and oxygen atoms in total. The summed E-state index contributed by atoms with van der Waals surface area (Å²) in [7, 11) is 0. The molecule has 0 saturated carbocycles. The van der Waals surface area contributed by atoms with Crippen molar-refractivity contribution >= 4 is 11.9 Å². The predicted molar refractivity (Wildman–Crippen MR) is 40.4 cm³/mol. The monoisotopic (exact) mass is 160 g/mol. The average Bonchev–Trinajstić information content (AvgIpc) is 1.89. The summed E-state index contributed by atoms with van der Waals surface area (Å²) in [6.07, 6.45) is 2.78. The molecule has 0 radical (unpaired) electrons. The van der Waals surface area contributed by atoms with Crippen molar-refractivity contribution in [1.82, 2.24) is 0 Å². The van der Waals surface area contributed by atoms with Crippen molar-refractivity contribution < 1.29 is 19.8 Å². The van der Waals surface area contributed by atoms with Crippen LogP contribution >= 0.6 is 0 Å². The highest BCUT2D eigenvalue weighted by molar-refractivity contribution is 5.79. The zero-order valence-electron chi connectivity index (χ0n) is 6.57. The van der Waals surface area contributed by atoms with Gasteiger partial charge in [0.2, 0.25) is 0 Å². The maximum absolute atomic E-state index is 9.51. The Labute approximate surface area is 65.2 Å². The van der Waals surface area contributed by atoms with Crippen molar-refractivity contribution in [3.8, 4) is 0 Å². The first kappa shape index (κ1) is 12.4. The minimum atomic E-state index is -0.891. The number of carboxylic acid groups (broad SMARTS) is 2. The molecular formula is C7H12O4. The molecule has 0 amide bonds. The highest BCUT2D eigenvalue weighted by Crippen LogP contribution is 1.67. The molecule has 0 aliphatic carbocycles. The molecule has 0 aromatic rings.